The minimum absolute atomic E-state index is 0.117. The monoisotopic (exact) mass is 252 g/mol. The Morgan fingerprint density at radius 2 is 2.00 bits per heavy atom. The number of nitrogens with one attached hydrogen (secondary N) is 1. The Labute approximate surface area is 110 Å². The lowest BCUT2D eigenvalue weighted by molar-refractivity contribution is 0.244. The molecule has 0 aromatic heterocycles. The minimum Gasteiger partial charge on any atom is -0.315 e. The molecule has 0 bridgehead atoms. The molecule has 0 amide bonds. The second-order valence-electron chi connectivity index (χ2n) is 5.07. The molecule has 0 saturated heterocycles. The van der Waals surface area contributed by atoms with Crippen LogP contribution in [0.1, 0.15) is 25.8 Å². The van der Waals surface area contributed by atoms with Crippen LogP contribution in [0.3, 0.4) is 0 Å². The first kappa shape index (κ1) is 15.1. The number of hydrogen-bond donors (Lipinski definition) is 1. The van der Waals surface area contributed by atoms with Crippen molar-refractivity contribution < 1.29 is 4.39 Å². The lowest BCUT2D eigenvalue weighted by atomic mass is 9.99. The topological polar surface area (TPSA) is 15.3 Å². The molecule has 1 N–H and O–H groups in total. The van der Waals surface area contributed by atoms with E-state index in [1.807, 2.05) is 26.2 Å². The van der Waals surface area contributed by atoms with E-state index in [9.17, 15) is 4.39 Å². The normalized spacial score (nSPS) is 14.8. The molecule has 3 heteroatoms. The molecule has 0 radical (unpaired) electrons. The number of likely N-dealkylation sites (N-methyl/N-ethyl adjacent to an activating group) is 2. The molecule has 1 aromatic rings. The Balaban J connectivity index is 2.55. The summed E-state index contributed by atoms with van der Waals surface area (Å²) in [6.45, 7) is 6.03. The maximum Gasteiger partial charge on any atom is 0.127 e. The summed E-state index contributed by atoms with van der Waals surface area (Å²) in [6.07, 6.45) is 1.15. The van der Waals surface area contributed by atoms with Gasteiger partial charge in [0.25, 0.3) is 0 Å². The molecule has 0 aliphatic carbocycles. The molecule has 0 fully saturated rings. The third-order valence-corrected chi connectivity index (χ3v) is 3.61. The molecule has 18 heavy (non-hydrogen) atoms. The van der Waals surface area contributed by atoms with Crippen molar-refractivity contribution in [2.45, 2.75) is 32.9 Å². The molecule has 2 unspecified atom stereocenters. The Kier molecular flexibility index (Phi) is 6.30. The van der Waals surface area contributed by atoms with Crippen LogP contribution in [0, 0.1) is 11.7 Å². The fraction of sp³-hybridized carbons (Fsp3) is 0.600. The minimum atomic E-state index is -0.117. The van der Waals surface area contributed by atoms with Crippen molar-refractivity contribution in [3.63, 3.8) is 0 Å². The van der Waals surface area contributed by atoms with Gasteiger partial charge in [0.2, 0.25) is 0 Å². The van der Waals surface area contributed by atoms with Gasteiger partial charge in [-0.15, -0.1) is 0 Å². The highest BCUT2D eigenvalue weighted by molar-refractivity contribution is 5.17. The Morgan fingerprint density at radius 1 is 1.33 bits per heavy atom. The molecule has 2 atom stereocenters. The molecule has 0 spiro atoms. The van der Waals surface area contributed by atoms with Gasteiger partial charge in [-0.05, 0) is 26.1 Å². The van der Waals surface area contributed by atoms with Crippen LogP contribution >= 0.6 is 0 Å². The zero-order valence-corrected chi connectivity index (χ0v) is 11.9. The van der Waals surface area contributed by atoms with Gasteiger partial charge in [0, 0.05) is 24.7 Å². The van der Waals surface area contributed by atoms with Crippen molar-refractivity contribution in [3.8, 4) is 0 Å². The van der Waals surface area contributed by atoms with Crippen LogP contribution in [0.2, 0.25) is 0 Å². The summed E-state index contributed by atoms with van der Waals surface area (Å²) < 4.78 is 13.6. The fourth-order valence-electron chi connectivity index (χ4n) is 2.16. The summed E-state index contributed by atoms with van der Waals surface area (Å²) in [6, 6.07) is 7.44. The average molecular weight is 252 g/mol. The van der Waals surface area contributed by atoms with Gasteiger partial charge in [0.05, 0.1) is 0 Å². The molecule has 0 aliphatic heterocycles. The van der Waals surface area contributed by atoms with E-state index in [0.29, 0.717) is 18.5 Å². The van der Waals surface area contributed by atoms with Crippen LogP contribution < -0.4 is 5.32 Å². The molecule has 2 nitrogen and oxygen atoms in total. The van der Waals surface area contributed by atoms with Crippen LogP contribution in [-0.2, 0) is 6.54 Å². The Bertz CT molecular complexity index is 354. The Hall–Kier alpha value is -0.930. The SMILES string of the molecule is CCC(C)C(CN(C)Cc1ccccc1F)NC. The quantitative estimate of drug-likeness (QED) is 0.802. The van der Waals surface area contributed by atoms with Crippen molar-refractivity contribution in [2.24, 2.45) is 5.92 Å². The summed E-state index contributed by atoms with van der Waals surface area (Å²) in [5, 5.41) is 3.35. The molecular formula is C15H25FN2. The van der Waals surface area contributed by atoms with Crippen LogP contribution in [0.5, 0.6) is 0 Å². The standard InChI is InChI=1S/C15H25FN2/c1-5-12(2)15(17-3)11-18(4)10-13-8-6-7-9-14(13)16/h6-9,12,15,17H,5,10-11H2,1-4H3. The summed E-state index contributed by atoms with van der Waals surface area (Å²) in [5.41, 5.74) is 0.763. The number of nitrogens with zero attached hydrogens (tertiary/aromatic N) is 1. The smallest absolute Gasteiger partial charge is 0.127 e. The predicted octanol–water partition coefficient (Wildman–Crippen LogP) is 2.89. The first-order valence-electron chi connectivity index (χ1n) is 6.67. The van der Waals surface area contributed by atoms with Gasteiger partial charge in [-0.2, -0.15) is 0 Å². The number of rotatable bonds is 7. The second kappa shape index (κ2) is 7.49. The third kappa shape index (κ3) is 4.39. The van der Waals surface area contributed by atoms with E-state index in [4.69, 9.17) is 0 Å². The fourth-order valence-corrected chi connectivity index (χ4v) is 2.16. The van der Waals surface area contributed by atoms with Crippen LogP contribution in [0.15, 0.2) is 24.3 Å². The van der Waals surface area contributed by atoms with Gasteiger partial charge in [0.1, 0.15) is 5.82 Å². The molecule has 0 heterocycles. The van der Waals surface area contributed by atoms with Crippen molar-refractivity contribution in [1.29, 1.82) is 0 Å². The molecule has 1 aromatic carbocycles. The first-order chi connectivity index (χ1) is 8.58. The predicted molar refractivity (Wildman–Crippen MR) is 75.0 cm³/mol. The van der Waals surface area contributed by atoms with E-state index in [1.165, 1.54) is 6.07 Å². The average Bonchev–Trinajstić information content (AvgIpc) is 2.37. The van der Waals surface area contributed by atoms with E-state index in [1.54, 1.807) is 6.07 Å². The van der Waals surface area contributed by atoms with Gasteiger partial charge in [0.15, 0.2) is 0 Å². The van der Waals surface area contributed by atoms with E-state index in [0.717, 1.165) is 18.5 Å². The lowest BCUT2D eigenvalue weighted by Gasteiger charge is -2.28. The van der Waals surface area contributed by atoms with Crippen molar-refractivity contribution >= 4 is 0 Å². The largest absolute Gasteiger partial charge is 0.315 e. The summed E-state index contributed by atoms with van der Waals surface area (Å²) in [5.74, 6) is 0.506. The zero-order valence-electron chi connectivity index (χ0n) is 11.9. The van der Waals surface area contributed by atoms with Gasteiger partial charge < -0.3 is 10.2 Å². The second-order valence-corrected chi connectivity index (χ2v) is 5.07. The summed E-state index contributed by atoms with van der Waals surface area (Å²) in [7, 11) is 4.03. The van der Waals surface area contributed by atoms with Gasteiger partial charge >= 0.3 is 0 Å². The number of halogens is 1. The summed E-state index contributed by atoms with van der Waals surface area (Å²) in [4.78, 5) is 2.17. The molecule has 0 saturated carbocycles. The highest BCUT2D eigenvalue weighted by atomic mass is 19.1. The maximum atomic E-state index is 13.6. The van der Waals surface area contributed by atoms with Gasteiger partial charge in [-0.1, -0.05) is 38.5 Å². The van der Waals surface area contributed by atoms with E-state index in [-0.39, 0.29) is 5.82 Å². The highest BCUT2D eigenvalue weighted by Gasteiger charge is 2.16. The first-order valence-corrected chi connectivity index (χ1v) is 6.67. The van der Waals surface area contributed by atoms with Crippen molar-refractivity contribution in [2.75, 3.05) is 20.6 Å². The van der Waals surface area contributed by atoms with E-state index < -0.39 is 0 Å². The number of hydrogen-bond acceptors (Lipinski definition) is 2. The molecule has 1 rings (SSSR count). The van der Waals surface area contributed by atoms with E-state index >= 15 is 0 Å². The number of benzene rings is 1. The molecular weight excluding hydrogens is 227 g/mol. The van der Waals surface area contributed by atoms with Crippen molar-refractivity contribution in [1.82, 2.24) is 10.2 Å². The van der Waals surface area contributed by atoms with Crippen LogP contribution in [-0.4, -0.2) is 31.6 Å². The van der Waals surface area contributed by atoms with Gasteiger partial charge in [-0.25, -0.2) is 4.39 Å². The highest BCUT2D eigenvalue weighted by Crippen LogP contribution is 2.12. The van der Waals surface area contributed by atoms with Crippen molar-refractivity contribution in [3.05, 3.63) is 35.6 Å². The zero-order chi connectivity index (χ0) is 13.5. The van der Waals surface area contributed by atoms with Gasteiger partial charge in [-0.3, -0.25) is 0 Å². The van der Waals surface area contributed by atoms with Crippen LogP contribution in [0.25, 0.3) is 0 Å². The Morgan fingerprint density at radius 3 is 2.56 bits per heavy atom. The maximum absolute atomic E-state index is 13.6. The lowest BCUT2D eigenvalue weighted by Crippen LogP contribution is -2.41. The molecule has 102 valence electrons. The third-order valence-electron chi connectivity index (χ3n) is 3.61. The van der Waals surface area contributed by atoms with Crippen LogP contribution in [0.4, 0.5) is 4.39 Å². The van der Waals surface area contributed by atoms with E-state index in [2.05, 4.69) is 24.1 Å². The summed E-state index contributed by atoms with van der Waals surface area (Å²) >= 11 is 0. The molecule has 0 aliphatic rings.